The van der Waals surface area contributed by atoms with Gasteiger partial charge in [0.15, 0.2) is 0 Å². The number of hydrogen-bond acceptors (Lipinski definition) is 4. The molecule has 23 heavy (non-hydrogen) atoms. The lowest BCUT2D eigenvalue weighted by molar-refractivity contribution is -0.134. The van der Waals surface area contributed by atoms with Crippen molar-refractivity contribution in [1.29, 1.82) is 0 Å². The minimum Gasteiger partial charge on any atom is -0.493 e. The third-order valence-corrected chi connectivity index (χ3v) is 4.21. The van der Waals surface area contributed by atoms with Crippen LogP contribution in [0.15, 0.2) is 36.7 Å². The molecule has 0 aliphatic carbocycles. The fraction of sp³-hybridized carbons (Fsp3) is 0.471. The molecule has 1 atom stereocenters. The first-order valence-electron chi connectivity index (χ1n) is 8.02. The molecular weight excluding hydrogens is 292 g/mol. The fourth-order valence-electron chi connectivity index (χ4n) is 2.91. The summed E-state index contributed by atoms with van der Waals surface area (Å²) in [7, 11) is 0. The summed E-state index contributed by atoms with van der Waals surface area (Å²) < 4.78 is 7.51. The van der Waals surface area contributed by atoms with E-state index in [9.17, 15) is 4.79 Å². The van der Waals surface area contributed by atoms with Gasteiger partial charge in [-0.05, 0) is 31.4 Å². The Kier molecular flexibility index (Phi) is 4.90. The molecule has 0 bridgehead atoms. The third kappa shape index (κ3) is 4.09. The molecule has 1 unspecified atom stereocenters. The minimum absolute atomic E-state index is 0.0936. The van der Waals surface area contributed by atoms with E-state index in [1.807, 2.05) is 36.1 Å². The number of aryl methyl sites for hydroxylation is 1. The van der Waals surface area contributed by atoms with Crippen LogP contribution in [0, 0.1) is 12.8 Å². The minimum atomic E-state index is 0.0936. The number of aromatic nitrogens is 3. The Hall–Kier alpha value is -2.37. The highest BCUT2D eigenvalue weighted by Crippen LogP contribution is 2.21. The van der Waals surface area contributed by atoms with Gasteiger partial charge in [-0.25, -0.2) is 4.68 Å². The van der Waals surface area contributed by atoms with Gasteiger partial charge < -0.3 is 9.64 Å². The van der Waals surface area contributed by atoms with E-state index in [2.05, 4.69) is 10.3 Å². The predicted molar refractivity (Wildman–Crippen MR) is 86.0 cm³/mol. The zero-order chi connectivity index (χ0) is 16.1. The molecule has 1 aromatic carbocycles. The van der Waals surface area contributed by atoms with Crippen molar-refractivity contribution < 1.29 is 9.53 Å². The van der Waals surface area contributed by atoms with Crippen LogP contribution in [-0.2, 0) is 11.3 Å². The maximum absolute atomic E-state index is 12.3. The van der Waals surface area contributed by atoms with Crippen molar-refractivity contribution in [1.82, 2.24) is 19.9 Å². The summed E-state index contributed by atoms with van der Waals surface area (Å²) in [4.78, 5) is 14.2. The van der Waals surface area contributed by atoms with Crippen LogP contribution in [0.25, 0.3) is 0 Å². The van der Waals surface area contributed by atoms with Crippen molar-refractivity contribution in [2.24, 2.45) is 5.92 Å². The summed E-state index contributed by atoms with van der Waals surface area (Å²) in [5.41, 5.74) is 1.14. The largest absolute Gasteiger partial charge is 0.493 e. The molecule has 1 aliphatic rings. The van der Waals surface area contributed by atoms with Crippen LogP contribution in [-0.4, -0.2) is 45.5 Å². The van der Waals surface area contributed by atoms with Crippen LogP contribution >= 0.6 is 0 Å². The van der Waals surface area contributed by atoms with E-state index in [0.717, 1.165) is 37.2 Å². The van der Waals surface area contributed by atoms with Crippen molar-refractivity contribution in [2.45, 2.75) is 26.3 Å². The van der Waals surface area contributed by atoms with Crippen molar-refractivity contribution in [3.8, 4) is 5.75 Å². The lowest BCUT2D eigenvalue weighted by Crippen LogP contribution is -2.43. The maximum atomic E-state index is 12.3. The average molecular weight is 314 g/mol. The van der Waals surface area contributed by atoms with Gasteiger partial charge in [0, 0.05) is 25.2 Å². The maximum Gasteiger partial charge on any atom is 0.244 e. The Balaban J connectivity index is 1.52. The number of likely N-dealkylation sites (tertiary alicyclic amines) is 1. The van der Waals surface area contributed by atoms with E-state index in [-0.39, 0.29) is 12.5 Å². The smallest absolute Gasteiger partial charge is 0.244 e. The number of carbonyl (C=O) groups is 1. The van der Waals surface area contributed by atoms with Crippen LogP contribution in [0.3, 0.4) is 0 Å². The molecule has 6 heteroatoms. The van der Waals surface area contributed by atoms with Gasteiger partial charge in [0.1, 0.15) is 12.3 Å². The highest BCUT2D eigenvalue weighted by molar-refractivity contribution is 5.76. The van der Waals surface area contributed by atoms with Crippen molar-refractivity contribution in [2.75, 3.05) is 19.7 Å². The average Bonchev–Trinajstić information content (AvgIpc) is 3.07. The third-order valence-electron chi connectivity index (χ3n) is 4.21. The lowest BCUT2D eigenvalue weighted by atomic mass is 9.99. The number of ether oxygens (including phenoxy) is 1. The standard InChI is InChI=1S/C17H22N4O2/c1-14-5-2-3-7-16(14)23-13-15-6-4-9-20(11-15)17(22)12-21-10-8-18-19-21/h2-3,5,7-8,10,15H,4,6,9,11-13H2,1H3. The number of benzene rings is 1. The summed E-state index contributed by atoms with van der Waals surface area (Å²) in [6.45, 7) is 4.52. The van der Waals surface area contributed by atoms with Gasteiger partial charge in [-0.15, -0.1) is 5.10 Å². The summed E-state index contributed by atoms with van der Waals surface area (Å²) in [5.74, 6) is 1.40. The second-order valence-corrected chi connectivity index (χ2v) is 6.03. The van der Waals surface area contributed by atoms with Crippen molar-refractivity contribution in [3.63, 3.8) is 0 Å². The first-order chi connectivity index (χ1) is 11.2. The molecule has 1 aromatic heterocycles. The molecule has 3 rings (SSSR count). The van der Waals surface area contributed by atoms with Crippen LogP contribution in [0.5, 0.6) is 5.75 Å². The van der Waals surface area contributed by atoms with Crippen LogP contribution in [0.1, 0.15) is 18.4 Å². The van der Waals surface area contributed by atoms with Crippen LogP contribution in [0.4, 0.5) is 0 Å². The molecule has 2 heterocycles. The molecule has 0 spiro atoms. The highest BCUT2D eigenvalue weighted by Gasteiger charge is 2.24. The van der Waals surface area contributed by atoms with Gasteiger partial charge >= 0.3 is 0 Å². The molecule has 0 radical (unpaired) electrons. The van der Waals surface area contributed by atoms with E-state index < -0.39 is 0 Å². The topological polar surface area (TPSA) is 60.2 Å². The number of amides is 1. The van der Waals surface area contributed by atoms with Gasteiger partial charge in [-0.2, -0.15) is 0 Å². The molecular formula is C17H22N4O2. The quantitative estimate of drug-likeness (QED) is 0.846. The van der Waals surface area contributed by atoms with E-state index in [1.165, 1.54) is 0 Å². The molecule has 2 aromatic rings. The number of piperidine rings is 1. The molecule has 1 saturated heterocycles. The number of para-hydroxylation sites is 1. The SMILES string of the molecule is Cc1ccccc1OCC1CCCN(C(=O)Cn2ccnn2)C1. The molecule has 122 valence electrons. The Morgan fingerprint density at radius 1 is 1.39 bits per heavy atom. The van der Waals surface area contributed by atoms with Gasteiger partial charge in [-0.1, -0.05) is 23.4 Å². The van der Waals surface area contributed by atoms with Gasteiger partial charge in [0.2, 0.25) is 5.91 Å². The number of rotatable bonds is 5. The Bertz CT molecular complexity index is 642. The lowest BCUT2D eigenvalue weighted by Gasteiger charge is -2.32. The summed E-state index contributed by atoms with van der Waals surface area (Å²) in [6, 6.07) is 8.03. The molecule has 0 N–H and O–H groups in total. The van der Waals surface area contributed by atoms with E-state index in [4.69, 9.17) is 4.74 Å². The second-order valence-electron chi connectivity index (χ2n) is 6.03. The second kappa shape index (κ2) is 7.26. The van der Waals surface area contributed by atoms with Crippen molar-refractivity contribution in [3.05, 3.63) is 42.2 Å². The number of hydrogen-bond donors (Lipinski definition) is 0. The van der Waals surface area contributed by atoms with Crippen molar-refractivity contribution >= 4 is 5.91 Å². The summed E-state index contributed by atoms with van der Waals surface area (Å²) >= 11 is 0. The molecule has 6 nitrogen and oxygen atoms in total. The van der Waals surface area contributed by atoms with Gasteiger partial charge in [-0.3, -0.25) is 4.79 Å². The molecule has 1 fully saturated rings. The number of carbonyl (C=O) groups excluding carboxylic acids is 1. The predicted octanol–water partition coefficient (Wildman–Crippen LogP) is 1.90. The first-order valence-corrected chi connectivity index (χ1v) is 8.02. The molecule has 1 aliphatic heterocycles. The van der Waals surface area contributed by atoms with E-state index in [1.54, 1.807) is 17.1 Å². The molecule has 0 saturated carbocycles. The van der Waals surface area contributed by atoms with E-state index >= 15 is 0 Å². The Morgan fingerprint density at radius 3 is 3.04 bits per heavy atom. The normalized spacial score (nSPS) is 18.0. The number of nitrogens with zero attached hydrogens (tertiary/aromatic N) is 4. The monoisotopic (exact) mass is 314 g/mol. The van der Waals surface area contributed by atoms with Crippen LogP contribution in [0.2, 0.25) is 0 Å². The van der Waals surface area contributed by atoms with Crippen LogP contribution < -0.4 is 4.74 Å². The Labute approximate surface area is 136 Å². The zero-order valence-electron chi connectivity index (χ0n) is 13.4. The first kappa shape index (κ1) is 15.5. The summed E-state index contributed by atoms with van der Waals surface area (Å²) in [5, 5.41) is 7.58. The highest BCUT2D eigenvalue weighted by atomic mass is 16.5. The zero-order valence-corrected chi connectivity index (χ0v) is 13.4. The molecule has 1 amide bonds. The van der Waals surface area contributed by atoms with Gasteiger partial charge in [0.05, 0.1) is 12.8 Å². The van der Waals surface area contributed by atoms with E-state index in [0.29, 0.717) is 12.5 Å². The summed E-state index contributed by atoms with van der Waals surface area (Å²) in [6.07, 6.45) is 5.41. The fourth-order valence-corrected chi connectivity index (χ4v) is 2.91. The Morgan fingerprint density at radius 2 is 2.26 bits per heavy atom. The van der Waals surface area contributed by atoms with Gasteiger partial charge in [0.25, 0.3) is 0 Å².